The monoisotopic (exact) mass is 569 g/mol. The topological polar surface area (TPSA) is 83.4 Å². The number of aliphatic imine (C=N–C) groups is 1. The summed E-state index contributed by atoms with van der Waals surface area (Å²) in [6.45, 7) is 7.87. The summed E-state index contributed by atoms with van der Waals surface area (Å²) in [5.41, 5.74) is 4.76. The molecule has 0 unspecified atom stereocenters. The molecule has 8 nitrogen and oxygen atoms in total. The van der Waals surface area contributed by atoms with Crippen LogP contribution in [0.5, 0.6) is 5.88 Å². The Kier molecular flexibility index (Phi) is 9.02. The number of benzene rings is 1. The van der Waals surface area contributed by atoms with E-state index in [1.165, 1.54) is 28.8 Å². The number of thioether (sulfide) groups is 1. The molecule has 2 heterocycles. The Balaban J connectivity index is 1.94. The minimum absolute atomic E-state index is 0.156. The van der Waals surface area contributed by atoms with E-state index in [-0.39, 0.29) is 11.6 Å². The van der Waals surface area contributed by atoms with Crippen molar-refractivity contribution in [2.24, 2.45) is 18.0 Å². The third kappa shape index (κ3) is 6.24. The summed E-state index contributed by atoms with van der Waals surface area (Å²) >= 11 is 1.29. The summed E-state index contributed by atoms with van der Waals surface area (Å²) in [4.78, 5) is 6.95. The van der Waals surface area contributed by atoms with Crippen LogP contribution in [-0.2, 0) is 7.05 Å². The Morgan fingerprint density at radius 3 is 2.45 bits per heavy atom. The van der Waals surface area contributed by atoms with E-state index in [4.69, 9.17) is 9.73 Å². The van der Waals surface area contributed by atoms with Crippen molar-refractivity contribution in [1.29, 1.82) is 0 Å². The van der Waals surface area contributed by atoms with Crippen LogP contribution in [0.1, 0.15) is 51.3 Å². The Labute approximate surface area is 238 Å². The zero-order valence-corrected chi connectivity index (χ0v) is 25.1. The fraction of sp³-hybridized carbons (Fsp3) is 0.414. The van der Waals surface area contributed by atoms with Crippen molar-refractivity contribution in [2.75, 3.05) is 30.6 Å². The summed E-state index contributed by atoms with van der Waals surface area (Å²) in [6, 6.07) is 4.56. The van der Waals surface area contributed by atoms with Crippen LogP contribution in [0, 0.1) is 24.5 Å². The SMILES string of the molecule is CC/C(C)=C(/C(=C(\N=C(/C)N(C)c1c(F)cc(SC)cc1F)Nc1cc(C)[nH]n1)C1CC1)c1cn(C)nc1OC. The molecule has 0 atom stereocenters. The molecule has 0 spiro atoms. The molecule has 1 saturated carbocycles. The summed E-state index contributed by atoms with van der Waals surface area (Å²) in [7, 11) is 5.09. The van der Waals surface area contributed by atoms with Crippen LogP contribution in [0.2, 0.25) is 0 Å². The lowest BCUT2D eigenvalue weighted by Gasteiger charge is -2.23. The van der Waals surface area contributed by atoms with Crippen LogP contribution in [0.3, 0.4) is 0 Å². The number of allylic oxidation sites excluding steroid dienone is 3. The van der Waals surface area contributed by atoms with Gasteiger partial charge < -0.3 is 15.0 Å². The number of methoxy groups -OCH3 is 1. The Bertz CT molecular complexity index is 1460. The minimum atomic E-state index is -0.646. The number of aromatic amines is 1. The van der Waals surface area contributed by atoms with E-state index >= 15 is 8.78 Å². The second kappa shape index (κ2) is 12.3. The van der Waals surface area contributed by atoms with Gasteiger partial charge in [0.1, 0.15) is 17.3 Å². The molecule has 4 rings (SSSR count). The number of hydrogen-bond acceptors (Lipinski definition) is 6. The van der Waals surface area contributed by atoms with E-state index in [1.54, 1.807) is 32.0 Å². The number of H-pyrrole nitrogens is 1. The summed E-state index contributed by atoms with van der Waals surface area (Å²) in [5, 5.41) is 15.3. The normalized spacial score (nSPS) is 15.1. The highest BCUT2D eigenvalue weighted by Crippen LogP contribution is 2.48. The lowest BCUT2D eigenvalue weighted by molar-refractivity contribution is 0.391. The summed E-state index contributed by atoms with van der Waals surface area (Å²) in [6.07, 6.45) is 6.52. The molecule has 40 heavy (non-hydrogen) atoms. The maximum absolute atomic E-state index is 15.1. The van der Waals surface area contributed by atoms with Crippen molar-refractivity contribution in [3.8, 4) is 5.88 Å². The molecule has 0 saturated heterocycles. The van der Waals surface area contributed by atoms with Gasteiger partial charge >= 0.3 is 0 Å². The van der Waals surface area contributed by atoms with E-state index in [2.05, 4.69) is 34.5 Å². The number of nitrogens with one attached hydrogen (secondary N) is 2. The molecule has 0 bridgehead atoms. The molecule has 1 fully saturated rings. The fourth-order valence-electron chi connectivity index (χ4n) is 4.60. The highest BCUT2D eigenvalue weighted by atomic mass is 32.2. The number of nitrogens with zero attached hydrogens (tertiary/aromatic N) is 5. The first kappa shape index (κ1) is 29.4. The van der Waals surface area contributed by atoms with Gasteiger partial charge in [0, 0.05) is 42.5 Å². The summed E-state index contributed by atoms with van der Waals surface area (Å²) in [5.74, 6) is 1.04. The van der Waals surface area contributed by atoms with E-state index in [1.807, 2.05) is 26.2 Å². The van der Waals surface area contributed by atoms with E-state index < -0.39 is 11.6 Å². The molecular formula is C29H37F2N7OS. The minimum Gasteiger partial charge on any atom is -0.479 e. The molecule has 0 radical (unpaired) electrons. The van der Waals surface area contributed by atoms with Gasteiger partial charge in [-0.05, 0) is 69.9 Å². The second-order valence-electron chi connectivity index (χ2n) is 9.99. The summed E-state index contributed by atoms with van der Waals surface area (Å²) < 4.78 is 37.5. The number of rotatable bonds is 10. The molecule has 1 aromatic carbocycles. The van der Waals surface area contributed by atoms with Crippen molar-refractivity contribution in [3.63, 3.8) is 0 Å². The van der Waals surface area contributed by atoms with Gasteiger partial charge in [-0.25, -0.2) is 13.8 Å². The number of anilines is 2. The van der Waals surface area contributed by atoms with Crippen LogP contribution >= 0.6 is 11.8 Å². The van der Waals surface area contributed by atoms with Gasteiger partial charge in [0.25, 0.3) is 0 Å². The maximum atomic E-state index is 15.1. The van der Waals surface area contributed by atoms with E-state index in [0.29, 0.717) is 28.2 Å². The number of aryl methyl sites for hydroxylation is 2. The van der Waals surface area contributed by atoms with Gasteiger partial charge in [-0.1, -0.05) is 12.5 Å². The highest BCUT2D eigenvalue weighted by molar-refractivity contribution is 7.98. The first-order valence-corrected chi connectivity index (χ1v) is 14.4. The Morgan fingerprint density at radius 1 is 1.25 bits per heavy atom. The van der Waals surface area contributed by atoms with Gasteiger partial charge in [-0.15, -0.1) is 16.9 Å². The third-order valence-corrected chi connectivity index (χ3v) is 7.70. The molecule has 3 aromatic rings. The van der Waals surface area contributed by atoms with Gasteiger partial charge in [0.05, 0.1) is 12.7 Å². The second-order valence-corrected chi connectivity index (χ2v) is 10.9. The highest BCUT2D eigenvalue weighted by Gasteiger charge is 2.35. The largest absolute Gasteiger partial charge is 0.479 e. The van der Waals surface area contributed by atoms with Crippen molar-refractivity contribution >= 4 is 34.7 Å². The molecule has 0 amide bonds. The Morgan fingerprint density at radius 2 is 1.93 bits per heavy atom. The molecule has 214 valence electrons. The van der Waals surface area contributed by atoms with E-state index in [0.717, 1.165) is 47.2 Å². The molecule has 0 aliphatic heterocycles. The van der Waals surface area contributed by atoms with Crippen molar-refractivity contribution in [1.82, 2.24) is 20.0 Å². The first-order valence-electron chi connectivity index (χ1n) is 13.2. The van der Waals surface area contributed by atoms with Crippen molar-refractivity contribution in [3.05, 3.63) is 64.3 Å². The van der Waals surface area contributed by atoms with Crippen LogP contribution in [0.25, 0.3) is 5.57 Å². The van der Waals surface area contributed by atoms with Crippen molar-refractivity contribution < 1.29 is 13.5 Å². The number of halogens is 2. The smallest absolute Gasteiger partial charge is 0.240 e. The molecular weight excluding hydrogens is 532 g/mol. The number of hydrogen-bond donors (Lipinski definition) is 2. The van der Waals surface area contributed by atoms with Crippen LogP contribution in [-0.4, -0.2) is 46.2 Å². The van der Waals surface area contributed by atoms with Gasteiger partial charge in [0.2, 0.25) is 5.88 Å². The van der Waals surface area contributed by atoms with Gasteiger partial charge in [-0.2, -0.15) is 5.10 Å². The van der Waals surface area contributed by atoms with Crippen molar-refractivity contribution in [2.45, 2.75) is 51.9 Å². The maximum Gasteiger partial charge on any atom is 0.240 e. The first-order chi connectivity index (χ1) is 19.1. The van der Waals surface area contributed by atoms with Crippen LogP contribution < -0.4 is 15.0 Å². The number of ether oxygens (including phenoxy) is 1. The number of amidine groups is 1. The average molecular weight is 570 g/mol. The zero-order chi connectivity index (χ0) is 29.1. The Hall–Kier alpha value is -3.60. The molecule has 2 aromatic heterocycles. The molecule has 2 N–H and O–H groups in total. The van der Waals surface area contributed by atoms with Crippen LogP contribution in [0.15, 0.2) is 51.3 Å². The third-order valence-electron chi connectivity index (χ3n) is 7.00. The predicted octanol–water partition coefficient (Wildman–Crippen LogP) is 6.93. The molecule has 11 heteroatoms. The lowest BCUT2D eigenvalue weighted by atomic mass is 9.90. The lowest BCUT2D eigenvalue weighted by Crippen LogP contribution is -2.26. The standard InChI is InChI=1S/C29H37F2N7OS/c1-9-16(2)25(21-15-37(5)36-29(21)39-7)26(19-10-11-19)28(33-24-12-17(3)34-35-24)32-18(4)38(6)27-22(30)13-20(40-8)14-23(27)31/h12-15,19H,9-11H2,1-8H3,(H2,33,34,35)/b25-16+,28-26+,32-18+. The number of aromatic nitrogens is 4. The molecule has 1 aliphatic carbocycles. The van der Waals surface area contributed by atoms with E-state index in [9.17, 15) is 0 Å². The fourth-order valence-corrected chi connectivity index (χ4v) is 5.04. The average Bonchev–Trinajstić information content (AvgIpc) is 3.57. The van der Waals surface area contributed by atoms with Gasteiger partial charge in [0.15, 0.2) is 17.5 Å². The quantitative estimate of drug-likeness (QED) is 0.119. The van der Waals surface area contributed by atoms with Crippen LogP contribution in [0.4, 0.5) is 20.3 Å². The zero-order valence-electron chi connectivity index (χ0n) is 24.3. The molecule has 1 aliphatic rings. The van der Waals surface area contributed by atoms with Gasteiger partial charge in [-0.3, -0.25) is 9.78 Å². The predicted molar refractivity (Wildman–Crippen MR) is 159 cm³/mol.